The Morgan fingerprint density at radius 2 is 1.79 bits per heavy atom. The van der Waals surface area contributed by atoms with Crippen LogP contribution in [-0.2, 0) is 0 Å². The van der Waals surface area contributed by atoms with Gasteiger partial charge < -0.3 is 10.6 Å². The van der Waals surface area contributed by atoms with Crippen molar-refractivity contribution in [2.45, 2.75) is 52.5 Å². The van der Waals surface area contributed by atoms with Crippen LogP contribution in [0.4, 0.5) is 0 Å². The van der Waals surface area contributed by atoms with Gasteiger partial charge in [-0.2, -0.15) is 11.8 Å². The van der Waals surface area contributed by atoms with Gasteiger partial charge in [-0.3, -0.25) is 9.89 Å². The maximum Gasteiger partial charge on any atom is 0.191 e. The molecule has 1 fully saturated rings. The van der Waals surface area contributed by atoms with Crippen molar-refractivity contribution in [1.82, 2.24) is 15.5 Å². The Labute approximate surface area is 171 Å². The Balaban J connectivity index is 0.00000529. The van der Waals surface area contributed by atoms with Gasteiger partial charge in [0.25, 0.3) is 0 Å². The fraction of sp³-hybridized carbons (Fsp3) is 0.944. The van der Waals surface area contributed by atoms with Gasteiger partial charge in [-0.25, -0.2) is 0 Å². The van der Waals surface area contributed by atoms with E-state index in [1.165, 1.54) is 38.1 Å². The van der Waals surface area contributed by atoms with Crippen molar-refractivity contribution in [2.24, 2.45) is 16.8 Å². The van der Waals surface area contributed by atoms with E-state index in [0.29, 0.717) is 0 Å². The summed E-state index contributed by atoms with van der Waals surface area (Å²) in [4.78, 5) is 7.00. The smallest absolute Gasteiger partial charge is 0.191 e. The maximum atomic E-state index is 4.35. The summed E-state index contributed by atoms with van der Waals surface area (Å²) >= 11 is 1.92. The van der Waals surface area contributed by atoms with Gasteiger partial charge in [0.05, 0.1) is 0 Å². The van der Waals surface area contributed by atoms with Crippen LogP contribution in [0.3, 0.4) is 0 Å². The zero-order chi connectivity index (χ0) is 17.3. The van der Waals surface area contributed by atoms with Crippen molar-refractivity contribution in [2.75, 3.05) is 45.2 Å². The number of rotatable bonds is 8. The molecule has 4 nitrogen and oxygen atoms in total. The van der Waals surface area contributed by atoms with Crippen LogP contribution in [-0.4, -0.2) is 61.6 Å². The third kappa shape index (κ3) is 9.13. The molecule has 1 aliphatic rings. The van der Waals surface area contributed by atoms with Gasteiger partial charge in [0.1, 0.15) is 0 Å². The maximum absolute atomic E-state index is 4.35. The largest absolute Gasteiger partial charge is 0.356 e. The molecule has 0 bridgehead atoms. The van der Waals surface area contributed by atoms with Crippen LogP contribution < -0.4 is 10.6 Å². The van der Waals surface area contributed by atoms with Gasteiger partial charge in [0.15, 0.2) is 5.96 Å². The Morgan fingerprint density at radius 3 is 2.33 bits per heavy atom. The van der Waals surface area contributed by atoms with Gasteiger partial charge in [0.2, 0.25) is 0 Å². The lowest BCUT2D eigenvalue weighted by Gasteiger charge is -2.45. The quantitative estimate of drug-likeness (QED) is 0.246. The van der Waals surface area contributed by atoms with E-state index in [-0.39, 0.29) is 29.5 Å². The van der Waals surface area contributed by atoms with Crippen molar-refractivity contribution < 1.29 is 0 Å². The minimum absolute atomic E-state index is 0. The van der Waals surface area contributed by atoms with E-state index in [4.69, 9.17) is 0 Å². The Bertz CT molecular complexity index is 353. The number of thioether (sulfide) groups is 1. The first-order valence-electron chi connectivity index (χ1n) is 9.07. The monoisotopic (exact) mass is 470 g/mol. The summed E-state index contributed by atoms with van der Waals surface area (Å²) in [6.45, 7) is 13.8. The van der Waals surface area contributed by atoms with Crippen molar-refractivity contribution in [3.8, 4) is 0 Å². The second-order valence-corrected chi connectivity index (χ2v) is 8.70. The molecule has 1 aliphatic heterocycles. The second-order valence-electron chi connectivity index (χ2n) is 7.72. The molecule has 6 heteroatoms. The number of aliphatic imine (C=N–C) groups is 1. The van der Waals surface area contributed by atoms with Crippen LogP contribution in [0, 0.1) is 11.8 Å². The molecular weight excluding hydrogens is 431 g/mol. The lowest BCUT2D eigenvalue weighted by Crippen LogP contribution is -2.57. The van der Waals surface area contributed by atoms with Crippen LogP contribution in [0.25, 0.3) is 0 Å². The third-order valence-corrected chi connectivity index (χ3v) is 5.40. The molecule has 1 heterocycles. The van der Waals surface area contributed by atoms with Crippen molar-refractivity contribution >= 4 is 41.7 Å². The summed E-state index contributed by atoms with van der Waals surface area (Å²) in [6, 6.07) is 0. The molecule has 0 radical (unpaired) electrons. The van der Waals surface area contributed by atoms with Crippen molar-refractivity contribution in [3.63, 3.8) is 0 Å². The lowest BCUT2D eigenvalue weighted by molar-refractivity contribution is 0.0483. The summed E-state index contributed by atoms with van der Waals surface area (Å²) < 4.78 is 0. The topological polar surface area (TPSA) is 39.7 Å². The SMILES string of the molecule is CN=C(NCCCCSC)NCC(C)(C)N1CC(C)CC(C)C1.I. The van der Waals surface area contributed by atoms with E-state index in [0.717, 1.165) is 30.9 Å². The number of likely N-dealkylation sites (tertiary alicyclic amines) is 1. The van der Waals surface area contributed by atoms with Crippen LogP contribution in [0.5, 0.6) is 0 Å². The highest BCUT2D eigenvalue weighted by Crippen LogP contribution is 2.26. The minimum atomic E-state index is 0. The van der Waals surface area contributed by atoms with E-state index >= 15 is 0 Å². The molecule has 1 saturated heterocycles. The molecule has 24 heavy (non-hydrogen) atoms. The highest BCUT2D eigenvalue weighted by molar-refractivity contribution is 14.0. The number of nitrogens with one attached hydrogen (secondary N) is 2. The number of hydrogen-bond donors (Lipinski definition) is 2. The number of hydrogen-bond acceptors (Lipinski definition) is 3. The third-order valence-electron chi connectivity index (χ3n) is 4.70. The number of nitrogens with zero attached hydrogens (tertiary/aromatic N) is 2. The summed E-state index contributed by atoms with van der Waals surface area (Å²) in [6.07, 6.45) is 5.99. The highest BCUT2D eigenvalue weighted by Gasteiger charge is 2.32. The summed E-state index contributed by atoms with van der Waals surface area (Å²) in [5.41, 5.74) is 0.152. The average Bonchev–Trinajstić information content (AvgIpc) is 2.49. The first-order valence-corrected chi connectivity index (χ1v) is 10.5. The van der Waals surface area contributed by atoms with Crippen LogP contribution in [0.1, 0.15) is 47.0 Å². The van der Waals surface area contributed by atoms with Crippen molar-refractivity contribution in [1.29, 1.82) is 0 Å². The predicted octanol–water partition coefficient (Wildman–Crippen LogP) is 3.67. The lowest BCUT2D eigenvalue weighted by atomic mass is 9.88. The van der Waals surface area contributed by atoms with E-state index < -0.39 is 0 Å². The number of guanidine groups is 1. The first kappa shape index (κ1) is 24.3. The molecule has 0 amide bonds. The van der Waals surface area contributed by atoms with Crippen molar-refractivity contribution in [3.05, 3.63) is 0 Å². The highest BCUT2D eigenvalue weighted by atomic mass is 127. The normalized spacial score (nSPS) is 22.8. The Morgan fingerprint density at radius 1 is 1.17 bits per heavy atom. The minimum Gasteiger partial charge on any atom is -0.356 e. The molecule has 0 saturated carbocycles. The molecule has 2 atom stereocenters. The van der Waals surface area contributed by atoms with Crippen LogP contribution in [0.15, 0.2) is 4.99 Å². The van der Waals surface area contributed by atoms with Gasteiger partial charge in [0, 0.05) is 38.8 Å². The van der Waals surface area contributed by atoms with E-state index in [1.807, 2.05) is 18.8 Å². The van der Waals surface area contributed by atoms with Gasteiger partial charge in [-0.1, -0.05) is 13.8 Å². The number of halogens is 1. The molecule has 2 unspecified atom stereocenters. The zero-order valence-electron chi connectivity index (χ0n) is 16.5. The predicted molar refractivity (Wildman–Crippen MR) is 121 cm³/mol. The standard InChI is InChI=1S/C18H38N4S.HI/c1-15-11-16(2)13-22(12-15)18(3,4)14-21-17(19-5)20-9-7-8-10-23-6;/h15-16H,7-14H2,1-6H3,(H2,19,20,21);1H. The molecular formula is C18H39IN4S. The molecule has 0 aliphatic carbocycles. The first-order chi connectivity index (χ1) is 10.9. The number of unbranched alkanes of at least 4 members (excludes halogenated alkanes) is 1. The Hall–Kier alpha value is 0.310. The van der Waals surface area contributed by atoms with Gasteiger partial charge in [-0.15, -0.1) is 24.0 Å². The summed E-state index contributed by atoms with van der Waals surface area (Å²) in [5, 5.41) is 6.95. The fourth-order valence-electron chi connectivity index (χ4n) is 3.37. The summed E-state index contributed by atoms with van der Waals surface area (Å²) in [7, 11) is 1.86. The van der Waals surface area contributed by atoms with Crippen LogP contribution in [0.2, 0.25) is 0 Å². The molecule has 0 aromatic heterocycles. The second kappa shape index (κ2) is 12.6. The van der Waals surface area contributed by atoms with E-state index in [1.54, 1.807) is 0 Å². The number of piperidine rings is 1. The molecule has 0 aromatic rings. The molecule has 0 spiro atoms. The molecule has 0 aromatic carbocycles. The molecule has 1 rings (SSSR count). The zero-order valence-corrected chi connectivity index (χ0v) is 19.7. The summed E-state index contributed by atoms with van der Waals surface area (Å²) in [5.74, 6) is 3.77. The Kier molecular flexibility index (Phi) is 12.8. The molecule has 144 valence electrons. The van der Waals surface area contributed by atoms with E-state index in [2.05, 4.69) is 54.5 Å². The van der Waals surface area contributed by atoms with Gasteiger partial charge >= 0.3 is 0 Å². The van der Waals surface area contributed by atoms with Crippen LogP contribution >= 0.6 is 35.7 Å². The molecule has 2 N–H and O–H groups in total. The van der Waals surface area contributed by atoms with Gasteiger partial charge in [-0.05, 0) is 57.0 Å². The fourth-order valence-corrected chi connectivity index (χ4v) is 3.86. The van der Waals surface area contributed by atoms with E-state index in [9.17, 15) is 0 Å². The average molecular weight is 471 g/mol.